The first kappa shape index (κ1) is 50.9. The van der Waals surface area contributed by atoms with Crippen molar-refractivity contribution in [1.29, 1.82) is 0 Å². The number of carbonyl (C=O) groups excluding carboxylic acids is 1. The maximum Gasteiger partial charge on any atom is 0.306 e. The summed E-state index contributed by atoms with van der Waals surface area (Å²) in [5.41, 5.74) is 0. The van der Waals surface area contributed by atoms with Gasteiger partial charge in [-0.1, -0.05) is 139 Å². The van der Waals surface area contributed by atoms with E-state index < -0.39 is 43.4 Å². The molecule has 0 radical (unpaired) electrons. The van der Waals surface area contributed by atoms with Crippen LogP contribution in [0.1, 0.15) is 162 Å². The van der Waals surface area contributed by atoms with E-state index in [0.29, 0.717) is 13.0 Å². The second-order valence-electron chi connectivity index (χ2n) is 14.8. The average molecular weight is 777 g/mol. The van der Waals surface area contributed by atoms with Gasteiger partial charge in [0, 0.05) is 13.0 Å². The van der Waals surface area contributed by atoms with Gasteiger partial charge in [0.25, 0.3) is 0 Å². The molecule has 9 nitrogen and oxygen atoms in total. The van der Waals surface area contributed by atoms with Gasteiger partial charge in [0.15, 0.2) is 6.29 Å². The molecule has 9 heteroatoms. The molecule has 318 valence electrons. The molecule has 0 aromatic carbocycles. The van der Waals surface area contributed by atoms with Gasteiger partial charge in [0.1, 0.15) is 30.5 Å². The van der Waals surface area contributed by atoms with Crippen molar-refractivity contribution in [2.24, 2.45) is 0 Å². The number of rotatable bonds is 36. The number of allylic oxidation sites excluding steroid dienone is 10. The van der Waals surface area contributed by atoms with Crippen LogP contribution in [0.2, 0.25) is 0 Å². The number of unbranched alkanes of at least 4 members (excludes halogenated alkanes) is 15. The predicted octanol–water partition coefficient (Wildman–Crippen LogP) is 9.52. The Bertz CT molecular complexity index is 1020. The molecule has 1 rings (SSSR count). The number of aliphatic hydroxyl groups is 4. The van der Waals surface area contributed by atoms with Gasteiger partial charge in [-0.2, -0.15) is 0 Å². The molecule has 55 heavy (non-hydrogen) atoms. The highest BCUT2D eigenvalue weighted by molar-refractivity contribution is 5.69. The zero-order valence-electron chi connectivity index (χ0n) is 34.7. The van der Waals surface area contributed by atoms with Gasteiger partial charge < -0.3 is 39.4 Å². The van der Waals surface area contributed by atoms with E-state index in [1.54, 1.807) is 0 Å². The number of ether oxygens (including phenoxy) is 4. The molecule has 1 heterocycles. The normalized spacial score (nSPS) is 21.3. The van der Waals surface area contributed by atoms with E-state index >= 15 is 0 Å². The summed E-state index contributed by atoms with van der Waals surface area (Å²) in [5.74, 6) is -0.331. The largest absolute Gasteiger partial charge is 0.457 e. The van der Waals surface area contributed by atoms with E-state index in [4.69, 9.17) is 18.9 Å². The van der Waals surface area contributed by atoms with Crippen LogP contribution in [0, 0.1) is 0 Å². The Kier molecular flexibility index (Phi) is 34.7. The molecule has 0 saturated carbocycles. The lowest BCUT2D eigenvalue weighted by Crippen LogP contribution is -2.59. The Morgan fingerprint density at radius 3 is 1.69 bits per heavy atom. The van der Waals surface area contributed by atoms with E-state index in [1.165, 1.54) is 51.4 Å². The van der Waals surface area contributed by atoms with Crippen molar-refractivity contribution < 1.29 is 44.2 Å². The smallest absolute Gasteiger partial charge is 0.306 e. The summed E-state index contributed by atoms with van der Waals surface area (Å²) in [6.07, 6.45) is 39.6. The summed E-state index contributed by atoms with van der Waals surface area (Å²) >= 11 is 0. The van der Waals surface area contributed by atoms with E-state index in [2.05, 4.69) is 74.6 Å². The molecule has 0 aromatic heterocycles. The van der Waals surface area contributed by atoms with Gasteiger partial charge in [-0.15, -0.1) is 0 Å². The Hall–Kier alpha value is -2.11. The summed E-state index contributed by atoms with van der Waals surface area (Å²) in [6, 6.07) is 0. The molecule has 1 fully saturated rings. The van der Waals surface area contributed by atoms with Crippen molar-refractivity contribution in [2.75, 3.05) is 26.4 Å². The Labute approximate surface area is 335 Å². The van der Waals surface area contributed by atoms with Gasteiger partial charge in [-0.05, 0) is 77.0 Å². The van der Waals surface area contributed by atoms with Gasteiger partial charge in [-0.3, -0.25) is 4.79 Å². The number of hydrogen-bond acceptors (Lipinski definition) is 9. The first-order valence-corrected chi connectivity index (χ1v) is 21.9. The van der Waals surface area contributed by atoms with Crippen LogP contribution in [0.5, 0.6) is 0 Å². The van der Waals surface area contributed by atoms with Gasteiger partial charge in [0.2, 0.25) is 0 Å². The zero-order chi connectivity index (χ0) is 40.0. The van der Waals surface area contributed by atoms with Crippen molar-refractivity contribution >= 4 is 5.97 Å². The SMILES string of the molecule is CC/C=C\C/C=C\C/C=C\C/C=C\CCCCCCCCCOCC(COC1OC(CO)C(O)C(O)C1O)OC(=O)CCCCCCC/C=C\CCCCC. The van der Waals surface area contributed by atoms with E-state index in [0.717, 1.165) is 89.9 Å². The lowest BCUT2D eigenvalue weighted by molar-refractivity contribution is -0.305. The third-order valence-corrected chi connectivity index (χ3v) is 9.67. The van der Waals surface area contributed by atoms with Crippen molar-refractivity contribution in [2.45, 2.75) is 198 Å². The highest BCUT2D eigenvalue weighted by Crippen LogP contribution is 2.22. The summed E-state index contributed by atoms with van der Waals surface area (Å²) in [6.45, 7) is 4.37. The molecule has 6 atom stereocenters. The van der Waals surface area contributed by atoms with Crippen LogP contribution in [0.15, 0.2) is 60.8 Å². The molecule has 0 aromatic rings. The van der Waals surface area contributed by atoms with Crippen molar-refractivity contribution in [3.05, 3.63) is 60.8 Å². The first-order valence-electron chi connectivity index (χ1n) is 21.9. The third kappa shape index (κ3) is 28.9. The minimum atomic E-state index is -1.54. The maximum atomic E-state index is 12.7. The minimum absolute atomic E-state index is 0.124. The maximum absolute atomic E-state index is 12.7. The zero-order valence-corrected chi connectivity index (χ0v) is 34.7. The number of aliphatic hydroxyl groups excluding tert-OH is 4. The van der Waals surface area contributed by atoms with E-state index in [1.807, 2.05) is 0 Å². The highest BCUT2D eigenvalue weighted by atomic mass is 16.7. The van der Waals surface area contributed by atoms with Crippen LogP contribution in [0.3, 0.4) is 0 Å². The summed E-state index contributed by atoms with van der Waals surface area (Å²) in [4.78, 5) is 12.7. The van der Waals surface area contributed by atoms with Crippen LogP contribution in [0.4, 0.5) is 0 Å². The molecule has 0 bridgehead atoms. The Balaban J connectivity index is 2.27. The fourth-order valence-electron chi connectivity index (χ4n) is 6.24. The summed E-state index contributed by atoms with van der Waals surface area (Å²) in [5, 5.41) is 40.1. The van der Waals surface area contributed by atoms with E-state index in [-0.39, 0.29) is 19.2 Å². The minimum Gasteiger partial charge on any atom is -0.457 e. The fourth-order valence-corrected chi connectivity index (χ4v) is 6.24. The van der Waals surface area contributed by atoms with Crippen LogP contribution in [-0.4, -0.2) is 89.6 Å². The molecule has 1 aliphatic rings. The molecule has 6 unspecified atom stereocenters. The Morgan fingerprint density at radius 1 is 0.600 bits per heavy atom. The number of carbonyl (C=O) groups is 1. The van der Waals surface area contributed by atoms with Gasteiger partial charge in [0.05, 0.1) is 19.8 Å². The Morgan fingerprint density at radius 2 is 1.11 bits per heavy atom. The van der Waals surface area contributed by atoms with Crippen LogP contribution >= 0.6 is 0 Å². The highest BCUT2D eigenvalue weighted by Gasteiger charge is 2.44. The molecule has 0 amide bonds. The van der Waals surface area contributed by atoms with E-state index in [9.17, 15) is 25.2 Å². The summed E-state index contributed by atoms with van der Waals surface area (Å²) in [7, 11) is 0. The average Bonchev–Trinajstić information content (AvgIpc) is 3.18. The fraction of sp³-hybridized carbons (Fsp3) is 0.761. The van der Waals surface area contributed by atoms with Crippen molar-refractivity contribution in [1.82, 2.24) is 0 Å². The molecule has 1 aliphatic heterocycles. The second-order valence-corrected chi connectivity index (χ2v) is 14.8. The quantitative estimate of drug-likeness (QED) is 0.0279. The molecule has 4 N–H and O–H groups in total. The van der Waals surface area contributed by atoms with Crippen LogP contribution in [-0.2, 0) is 23.7 Å². The van der Waals surface area contributed by atoms with Crippen molar-refractivity contribution in [3.63, 3.8) is 0 Å². The standard InChI is InChI=1S/C46H80O9/c1-3-5-7-9-11-13-15-17-18-19-20-21-22-23-24-26-28-30-32-34-36-52-38-40(39-53-46-45(51)44(50)43(49)41(37-47)55-46)54-42(48)35-33-31-29-27-25-16-14-12-10-8-6-4-2/h5,7,11-14,17-18,20-21,40-41,43-47,49-51H,3-4,6,8-10,15-16,19,22-39H2,1-2H3/b7-5-,13-11-,14-12-,18-17-,21-20-. The van der Waals surface area contributed by atoms with Crippen LogP contribution < -0.4 is 0 Å². The molecular formula is C46H80O9. The summed E-state index contributed by atoms with van der Waals surface area (Å²) < 4.78 is 22.8. The monoisotopic (exact) mass is 777 g/mol. The molecule has 0 spiro atoms. The number of esters is 1. The lowest BCUT2D eigenvalue weighted by atomic mass is 9.99. The van der Waals surface area contributed by atoms with Crippen LogP contribution in [0.25, 0.3) is 0 Å². The molecular weight excluding hydrogens is 696 g/mol. The second kappa shape index (κ2) is 37.5. The first-order chi connectivity index (χ1) is 26.9. The lowest BCUT2D eigenvalue weighted by Gasteiger charge is -2.39. The number of hydrogen-bond donors (Lipinski definition) is 4. The van der Waals surface area contributed by atoms with Gasteiger partial charge in [-0.25, -0.2) is 0 Å². The third-order valence-electron chi connectivity index (χ3n) is 9.67. The molecule has 1 saturated heterocycles. The van der Waals surface area contributed by atoms with Crippen molar-refractivity contribution in [3.8, 4) is 0 Å². The topological polar surface area (TPSA) is 135 Å². The molecule has 0 aliphatic carbocycles. The predicted molar refractivity (Wildman–Crippen MR) is 224 cm³/mol. The van der Waals surface area contributed by atoms with Gasteiger partial charge >= 0.3 is 5.97 Å².